The lowest BCUT2D eigenvalue weighted by Gasteiger charge is -2.60. The Morgan fingerprint density at radius 1 is 1.54 bits per heavy atom. The highest BCUT2D eigenvalue weighted by molar-refractivity contribution is 5.80. The number of carboxylic acids is 1. The lowest BCUT2D eigenvalue weighted by atomic mass is 9.48. The van der Waals surface area contributed by atoms with Gasteiger partial charge in [-0.2, -0.15) is 0 Å². The van der Waals surface area contributed by atoms with Crippen LogP contribution in [0.3, 0.4) is 0 Å². The van der Waals surface area contributed by atoms with Gasteiger partial charge in [-0.3, -0.25) is 4.79 Å². The van der Waals surface area contributed by atoms with Gasteiger partial charge < -0.3 is 15.6 Å². The van der Waals surface area contributed by atoms with Crippen LogP contribution in [-0.2, 0) is 9.53 Å². The number of carboxylic acid groups (broad SMARTS) is 1. The third kappa shape index (κ3) is 1.16. The van der Waals surface area contributed by atoms with Gasteiger partial charge in [0.05, 0.1) is 6.10 Å². The Hall–Kier alpha value is -0.610. The van der Waals surface area contributed by atoms with Crippen molar-refractivity contribution in [3.05, 3.63) is 0 Å². The molecule has 0 unspecified atom stereocenters. The van der Waals surface area contributed by atoms with Crippen molar-refractivity contribution in [2.24, 2.45) is 11.1 Å². The first kappa shape index (κ1) is 8.97. The maximum atomic E-state index is 10.7. The molecule has 2 fully saturated rings. The van der Waals surface area contributed by atoms with Crippen LogP contribution in [0.4, 0.5) is 0 Å². The largest absolute Gasteiger partial charge is 0.480 e. The van der Waals surface area contributed by atoms with Crippen molar-refractivity contribution in [3.63, 3.8) is 0 Å². The van der Waals surface area contributed by atoms with Gasteiger partial charge in [-0.15, -0.1) is 0 Å². The van der Waals surface area contributed by atoms with Gasteiger partial charge in [0.1, 0.15) is 5.54 Å². The van der Waals surface area contributed by atoms with E-state index in [1.165, 1.54) is 0 Å². The number of nitrogens with two attached hydrogens (primary N) is 1. The van der Waals surface area contributed by atoms with E-state index in [2.05, 4.69) is 0 Å². The van der Waals surface area contributed by atoms with Crippen LogP contribution in [0.15, 0.2) is 0 Å². The Bertz CT molecular complexity index is 237. The molecule has 74 valence electrons. The molecule has 2 rings (SSSR count). The minimum atomic E-state index is -0.946. The van der Waals surface area contributed by atoms with Crippen LogP contribution in [-0.4, -0.2) is 29.8 Å². The zero-order valence-electron chi connectivity index (χ0n) is 7.75. The summed E-state index contributed by atoms with van der Waals surface area (Å²) < 4.78 is 5.16. The van der Waals surface area contributed by atoms with Crippen LogP contribution in [0, 0.1) is 5.41 Å². The summed E-state index contributed by atoms with van der Waals surface area (Å²) in [6.07, 6.45) is 3.54. The Labute approximate surface area is 77.1 Å². The third-order valence-corrected chi connectivity index (χ3v) is 3.46. The van der Waals surface area contributed by atoms with Crippen LogP contribution in [0.1, 0.15) is 25.7 Å². The molecule has 0 heterocycles. The zero-order valence-corrected chi connectivity index (χ0v) is 7.75. The summed E-state index contributed by atoms with van der Waals surface area (Å²) in [6, 6.07) is 0. The van der Waals surface area contributed by atoms with Crippen molar-refractivity contribution in [2.75, 3.05) is 7.11 Å². The van der Waals surface area contributed by atoms with E-state index in [0.717, 1.165) is 12.8 Å². The molecule has 0 saturated heterocycles. The van der Waals surface area contributed by atoms with Gasteiger partial charge >= 0.3 is 5.97 Å². The van der Waals surface area contributed by atoms with Crippen LogP contribution in [0.5, 0.6) is 0 Å². The number of methoxy groups -OCH3 is 1. The van der Waals surface area contributed by atoms with E-state index in [1.807, 2.05) is 0 Å². The molecule has 0 amide bonds. The van der Waals surface area contributed by atoms with E-state index >= 15 is 0 Å². The van der Waals surface area contributed by atoms with Gasteiger partial charge in [-0.25, -0.2) is 0 Å². The summed E-state index contributed by atoms with van der Waals surface area (Å²) in [7, 11) is 1.70. The van der Waals surface area contributed by atoms with Crippen molar-refractivity contribution in [3.8, 4) is 0 Å². The minimum absolute atomic E-state index is 0.202. The van der Waals surface area contributed by atoms with Crippen molar-refractivity contribution in [1.29, 1.82) is 0 Å². The van der Waals surface area contributed by atoms with Crippen molar-refractivity contribution >= 4 is 5.97 Å². The Morgan fingerprint density at radius 3 is 2.46 bits per heavy atom. The monoisotopic (exact) mass is 185 g/mol. The van der Waals surface area contributed by atoms with Gasteiger partial charge in [0.15, 0.2) is 0 Å². The fraction of sp³-hybridized carbons (Fsp3) is 0.889. The molecule has 0 radical (unpaired) electrons. The third-order valence-electron chi connectivity index (χ3n) is 3.46. The standard InChI is InChI=1S/C9H15NO3/c1-13-6-2-8(3-6)4-9(10,5-8)7(11)12/h6H,2-5,10H2,1H3,(H,11,12). The smallest absolute Gasteiger partial charge is 0.323 e. The Morgan fingerprint density at radius 2 is 2.08 bits per heavy atom. The fourth-order valence-corrected chi connectivity index (χ4v) is 2.80. The fourth-order valence-electron chi connectivity index (χ4n) is 2.80. The predicted molar refractivity (Wildman–Crippen MR) is 46.3 cm³/mol. The van der Waals surface area contributed by atoms with E-state index in [-0.39, 0.29) is 5.41 Å². The topological polar surface area (TPSA) is 72.5 Å². The van der Waals surface area contributed by atoms with Crippen LogP contribution in [0.2, 0.25) is 0 Å². The molecule has 0 aromatic rings. The van der Waals surface area contributed by atoms with E-state index < -0.39 is 11.5 Å². The summed E-state index contributed by atoms with van der Waals surface area (Å²) in [5.41, 5.74) is 4.93. The van der Waals surface area contributed by atoms with E-state index in [0.29, 0.717) is 18.9 Å². The lowest BCUT2D eigenvalue weighted by Crippen LogP contribution is -2.67. The van der Waals surface area contributed by atoms with Crippen LogP contribution >= 0.6 is 0 Å². The molecular weight excluding hydrogens is 170 g/mol. The lowest BCUT2D eigenvalue weighted by molar-refractivity contribution is -0.172. The molecule has 13 heavy (non-hydrogen) atoms. The first-order chi connectivity index (χ1) is 6.00. The van der Waals surface area contributed by atoms with Gasteiger partial charge in [0.25, 0.3) is 0 Å². The average Bonchev–Trinajstić information content (AvgIpc) is 1.93. The molecule has 0 aromatic carbocycles. The number of ether oxygens (including phenoxy) is 1. The summed E-state index contributed by atoms with van der Waals surface area (Å²) in [4.78, 5) is 10.7. The zero-order chi connectivity index (χ0) is 9.69. The normalized spacial score (nSPS) is 48.3. The Kier molecular flexibility index (Phi) is 1.69. The molecule has 0 bridgehead atoms. The van der Waals surface area contributed by atoms with Crippen LogP contribution < -0.4 is 5.73 Å². The highest BCUT2D eigenvalue weighted by atomic mass is 16.5. The van der Waals surface area contributed by atoms with Gasteiger partial charge in [0, 0.05) is 7.11 Å². The van der Waals surface area contributed by atoms with E-state index in [9.17, 15) is 4.79 Å². The molecule has 4 heteroatoms. The number of carbonyl (C=O) groups is 1. The number of rotatable bonds is 2. The second-order valence-corrected chi connectivity index (χ2v) is 4.58. The first-order valence-electron chi connectivity index (χ1n) is 4.55. The van der Waals surface area contributed by atoms with Gasteiger partial charge in [-0.05, 0) is 31.1 Å². The number of hydrogen-bond acceptors (Lipinski definition) is 3. The molecule has 2 aliphatic rings. The highest BCUT2D eigenvalue weighted by Gasteiger charge is 2.62. The van der Waals surface area contributed by atoms with Crippen molar-refractivity contribution in [1.82, 2.24) is 0 Å². The molecular formula is C9H15NO3. The minimum Gasteiger partial charge on any atom is -0.480 e. The molecule has 0 atom stereocenters. The second kappa shape index (κ2) is 2.45. The van der Waals surface area contributed by atoms with Crippen LogP contribution in [0.25, 0.3) is 0 Å². The molecule has 2 saturated carbocycles. The maximum Gasteiger partial charge on any atom is 0.323 e. The Balaban J connectivity index is 1.89. The van der Waals surface area contributed by atoms with Gasteiger partial charge in [0.2, 0.25) is 0 Å². The summed E-state index contributed by atoms with van der Waals surface area (Å²) in [5.74, 6) is -0.862. The maximum absolute atomic E-state index is 10.7. The second-order valence-electron chi connectivity index (χ2n) is 4.58. The SMILES string of the molecule is COC1CC2(C1)CC(N)(C(=O)O)C2. The molecule has 0 aliphatic heterocycles. The molecule has 4 nitrogen and oxygen atoms in total. The average molecular weight is 185 g/mol. The van der Waals surface area contributed by atoms with Crippen molar-refractivity contribution in [2.45, 2.75) is 37.3 Å². The highest BCUT2D eigenvalue weighted by Crippen LogP contribution is 2.60. The number of aliphatic carboxylic acids is 1. The summed E-state index contributed by atoms with van der Waals surface area (Å²) >= 11 is 0. The van der Waals surface area contributed by atoms with Crippen molar-refractivity contribution < 1.29 is 14.6 Å². The van der Waals surface area contributed by atoms with Gasteiger partial charge in [-0.1, -0.05) is 0 Å². The van der Waals surface area contributed by atoms with E-state index in [1.54, 1.807) is 7.11 Å². The summed E-state index contributed by atoms with van der Waals surface area (Å²) in [5, 5.41) is 8.81. The van der Waals surface area contributed by atoms with E-state index in [4.69, 9.17) is 15.6 Å². The first-order valence-corrected chi connectivity index (χ1v) is 4.55. The number of hydrogen-bond donors (Lipinski definition) is 2. The molecule has 0 aromatic heterocycles. The quantitative estimate of drug-likeness (QED) is 0.651. The molecule has 1 spiro atoms. The molecule has 3 N–H and O–H groups in total. The molecule has 2 aliphatic carbocycles. The predicted octanol–water partition coefficient (Wildman–Crippen LogP) is 0.357. The summed E-state index contributed by atoms with van der Waals surface area (Å²) in [6.45, 7) is 0.